The number of nitrogens with zero attached hydrogens (tertiary/aromatic N) is 3. The number of aromatic nitrogens is 1. The van der Waals surface area contributed by atoms with E-state index in [2.05, 4.69) is 4.98 Å². The fourth-order valence-electron chi connectivity index (χ4n) is 1.04. The van der Waals surface area contributed by atoms with Gasteiger partial charge in [0, 0.05) is 13.6 Å². The maximum absolute atomic E-state index is 11.7. The van der Waals surface area contributed by atoms with E-state index >= 15 is 0 Å². The molecule has 0 N–H and O–H groups in total. The van der Waals surface area contributed by atoms with E-state index in [1.54, 1.807) is 25.2 Å². The van der Waals surface area contributed by atoms with Gasteiger partial charge in [0.25, 0.3) is 5.91 Å². The molecule has 0 spiro atoms. The Morgan fingerprint density at radius 1 is 1.67 bits per heavy atom. The standard InChI is InChI=1S/C10H10ClN3O/c1-14(7-3-6-12)10(15)8-4-2-5-9(11)13-8/h2,4-5H,3,7H2,1H3. The number of halogens is 1. The van der Waals surface area contributed by atoms with Crippen LogP contribution in [0.25, 0.3) is 0 Å². The Labute approximate surface area is 93.1 Å². The van der Waals surface area contributed by atoms with Crippen molar-refractivity contribution in [1.82, 2.24) is 9.88 Å². The molecule has 78 valence electrons. The van der Waals surface area contributed by atoms with Crippen molar-refractivity contribution in [2.24, 2.45) is 0 Å². The van der Waals surface area contributed by atoms with Crippen molar-refractivity contribution < 1.29 is 4.79 Å². The second-order valence-electron chi connectivity index (χ2n) is 2.98. The van der Waals surface area contributed by atoms with Crippen molar-refractivity contribution in [3.05, 3.63) is 29.0 Å². The van der Waals surface area contributed by atoms with Gasteiger partial charge >= 0.3 is 0 Å². The molecule has 0 unspecified atom stereocenters. The van der Waals surface area contributed by atoms with E-state index in [0.717, 1.165) is 0 Å². The van der Waals surface area contributed by atoms with Crippen molar-refractivity contribution in [1.29, 1.82) is 5.26 Å². The lowest BCUT2D eigenvalue weighted by atomic mass is 10.3. The molecule has 15 heavy (non-hydrogen) atoms. The molecule has 0 atom stereocenters. The van der Waals surface area contributed by atoms with Crippen LogP contribution in [0.3, 0.4) is 0 Å². The van der Waals surface area contributed by atoms with Gasteiger partial charge in [-0.15, -0.1) is 0 Å². The van der Waals surface area contributed by atoms with Crippen molar-refractivity contribution in [3.8, 4) is 6.07 Å². The van der Waals surface area contributed by atoms with Crippen LogP contribution in [0.1, 0.15) is 16.9 Å². The first-order valence-electron chi connectivity index (χ1n) is 4.40. The van der Waals surface area contributed by atoms with Gasteiger partial charge in [0.1, 0.15) is 10.8 Å². The molecular weight excluding hydrogens is 214 g/mol. The number of amides is 1. The van der Waals surface area contributed by atoms with E-state index in [-0.39, 0.29) is 11.1 Å². The van der Waals surface area contributed by atoms with Crippen molar-refractivity contribution in [2.75, 3.05) is 13.6 Å². The number of carbonyl (C=O) groups is 1. The van der Waals surface area contributed by atoms with Gasteiger partial charge in [0.15, 0.2) is 0 Å². The van der Waals surface area contributed by atoms with Gasteiger partial charge in [-0.1, -0.05) is 17.7 Å². The minimum absolute atomic E-state index is 0.229. The first kappa shape index (κ1) is 11.5. The molecule has 1 rings (SSSR count). The number of rotatable bonds is 3. The van der Waals surface area contributed by atoms with E-state index < -0.39 is 0 Å². The van der Waals surface area contributed by atoms with Gasteiger partial charge in [-0.3, -0.25) is 4.79 Å². The molecule has 0 saturated carbocycles. The molecule has 0 aliphatic heterocycles. The van der Waals surface area contributed by atoms with Crippen LogP contribution in [0.5, 0.6) is 0 Å². The van der Waals surface area contributed by atoms with Crippen LogP contribution >= 0.6 is 11.6 Å². The smallest absolute Gasteiger partial charge is 0.272 e. The van der Waals surface area contributed by atoms with Crippen LogP contribution in [0.2, 0.25) is 5.15 Å². The number of hydrogen-bond donors (Lipinski definition) is 0. The number of hydrogen-bond acceptors (Lipinski definition) is 3. The lowest BCUT2D eigenvalue weighted by molar-refractivity contribution is 0.0792. The predicted octanol–water partition coefficient (Wildman–Crippen LogP) is 1.72. The summed E-state index contributed by atoms with van der Waals surface area (Å²) in [5.41, 5.74) is 0.294. The zero-order valence-corrected chi connectivity index (χ0v) is 9.03. The van der Waals surface area contributed by atoms with E-state index in [0.29, 0.717) is 18.7 Å². The molecule has 5 heteroatoms. The molecule has 0 fully saturated rings. The predicted molar refractivity (Wildman–Crippen MR) is 56.4 cm³/mol. The number of pyridine rings is 1. The molecule has 1 heterocycles. The quantitative estimate of drug-likeness (QED) is 0.734. The van der Waals surface area contributed by atoms with Crippen LogP contribution in [-0.4, -0.2) is 29.4 Å². The van der Waals surface area contributed by atoms with Crippen LogP contribution < -0.4 is 0 Å². The summed E-state index contributed by atoms with van der Waals surface area (Å²) in [6, 6.07) is 6.84. The fraction of sp³-hybridized carbons (Fsp3) is 0.300. The van der Waals surface area contributed by atoms with Gasteiger partial charge in [-0.05, 0) is 12.1 Å². The van der Waals surface area contributed by atoms with Gasteiger partial charge in [0.2, 0.25) is 0 Å². The van der Waals surface area contributed by atoms with E-state index in [1.165, 1.54) is 4.90 Å². The summed E-state index contributed by atoms with van der Waals surface area (Å²) in [4.78, 5) is 17.0. The average Bonchev–Trinajstić information content (AvgIpc) is 2.24. The molecule has 0 aliphatic carbocycles. The Bertz CT molecular complexity index is 400. The summed E-state index contributed by atoms with van der Waals surface area (Å²) in [5.74, 6) is -0.229. The van der Waals surface area contributed by atoms with Crippen LogP contribution in [0.4, 0.5) is 0 Å². The summed E-state index contributed by atoms with van der Waals surface area (Å²) in [6.07, 6.45) is 0.308. The van der Waals surface area contributed by atoms with Gasteiger partial charge in [0.05, 0.1) is 12.5 Å². The molecule has 1 aromatic rings. The summed E-state index contributed by atoms with van der Waals surface area (Å²) in [7, 11) is 1.63. The SMILES string of the molecule is CN(CCC#N)C(=O)c1cccc(Cl)n1. The van der Waals surface area contributed by atoms with Crippen LogP contribution in [-0.2, 0) is 0 Å². The largest absolute Gasteiger partial charge is 0.339 e. The molecular formula is C10H10ClN3O. The highest BCUT2D eigenvalue weighted by Crippen LogP contribution is 2.07. The number of carbonyl (C=O) groups excluding carboxylic acids is 1. The first-order valence-corrected chi connectivity index (χ1v) is 4.78. The minimum atomic E-state index is -0.229. The maximum Gasteiger partial charge on any atom is 0.272 e. The zero-order valence-electron chi connectivity index (χ0n) is 8.27. The Morgan fingerprint density at radius 3 is 3.00 bits per heavy atom. The molecule has 0 bridgehead atoms. The highest BCUT2D eigenvalue weighted by molar-refractivity contribution is 6.29. The molecule has 1 amide bonds. The van der Waals surface area contributed by atoms with Crippen molar-refractivity contribution in [3.63, 3.8) is 0 Å². The van der Waals surface area contributed by atoms with Crippen molar-refractivity contribution in [2.45, 2.75) is 6.42 Å². The second-order valence-corrected chi connectivity index (χ2v) is 3.37. The highest BCUT2D eigenvalue weighted by atomic mass is 35.5. The normalized spacial score (nSPS) is 9.40. The topological polar surface area (TPSA) is 57.0 Å². The number of nitriles is 1. The lowest BCUT2D eigenvalue weighted by Crippen LogP contribution is -2.28. The summed E-state index contributed by atoms with van der Waals surface area (Å²) < 4.78 is 0. The molecule has 4 nitrogen and oxygen atoms in total. The highest BCUT2D eigenvalue weighted by Gasteiger charge is 2.12. The Morgan fingerprint density at radius 2 is 2.40 bits per heavy atom. The minimum Gasteiger partial charge on any atom is -0.339 e. The fourth-order valence-corrected chi connectivity index (χ4v) is 1.21. The maximum atomic E-state index is 11.7. The van der Waals surface area contributed by atoms with Crippen molar-refractivity contribution >= 4 is 17.5 Å². The van der Waals surface area contributed by atoms with E-state index in [9.17, 15) is 4.79 Å². The summed E-state index contributed by atoms with van der Waals surface area (Å²) in [5, 5.41) is 8.67. The third kappa shape index (κ3) is 3.22. The Kier molecular flexibility index (Phi) is 4.07. The third-order valence-corrected chi connectivity index (χ3v) is 2.05. The Hall–Kier alpha value is -1.60. The molecule has 0 aromatic carbocycles. The average molecular weight is 224 g/mol. The molecule has 0 aliphatic rings. The zero-order chi connectivity index (χ0) is 11.3. The van der Waals surface area contributed by atoms with Gasteiger partial charge in [-0.2, -0.15) is 5.26 Å². The second kappa shape index (κ2) is 5.32. The molecule has 1 aromatic heterocycles. The molecule has 0 radical (unpaired) electrons. The monoisotopic (exact) mass is 223 g/mol. The first-order chi connectivity index (χ1) is 7.15. The van der Waals surface area contributed by atoms with Crippen LogP contribution in [0, 0.1) is 11.3 Å². The summed E-state index contributed by atoms with van der Waals surface area (Å²) in [6.45, 7) is 0.392. The molecule has 0 saturated heterocycles. The van der Waals surface area contributed by atoms with E-state index in [4.69, 9.17) is 16.9 Å². The lowest BCUT2D eigenvalue weighted by Gasteiger charge is -2.14. The van der Waals surface area contributed by atoms with E-state index in [1.807, 2.05) is 6.07 Å². The Balaban J connectivity index is 2.72. The van der Waals surface area contributed by atoms with Gasteiger partial charge < -0.3 is 4.90 Å². The third-order valence-electron chi connectivity index (χ3n) is 1.84. The van der Waals surface area contributed by atoms with Crippen LogP contribution in [0.15, 0.2) is 18.2 Å². The summed E-state index contributed by atoms with van der Waals surface area (Å²) >= 11 is 5.66. The van der Waals surface area contributed by atoms with Gasteiger partial charge in [-0.25, -0.2) is 4.98 Å².